The van der Waals surface area contributed by atoms with Gasteiger partial charge < -0.3 is 5.32 Å². The summed E-state index contributed by atoms with van der Waals surface area (Å²) in [6, 6.07) is 8.46. The molecule has 0 fully saturated rings. The molecule has 1 aromatic carbocycles. The van der Waals surface area contributed by atoms with Gasteiger partial charge in [-0.25, -0.2) is 0 Å². The van der Waals surface area contributed by atoms with E-state index >= 15 is 0 Å². The van der Waals surface area contributed by atoms with Gasteiger partial charge in [-0.1, -0.05) is 38.1 Å². The molecular weight excluding hydrogens is 186 g/mol. The zero-order valence-corrected chi connectivity index (χ0v) is 9.71. The summed E-state index contributed by atoms with van der Waals surface area (Å²) in [6.45, 7) is 4.36. The van der Waals surface area contributed by atoms with Crippen molar-refractivity contribution >= 4 is 5.91 Å². The van der Waals surface area contributed by atoms with Crippen molar-refractivity contribution in [1.29, 1.82) is 0 Å². The highest BCUT2D eigenvalue weighted by atomic mass is 16.1. The second-order valence-corrected chi connectivity index (χ2v) is 4.07. The zero-order chi connectivity index (χ0) is 11.3. The molecule has 0 saturated carbocycles. The molecule has 0 heterocycles. The van der Waals surface area contributed by atoms with Crippen molar-refractivity contribution in [1.82, 2.24) is 5.32 Å². The highest BCUT2D eigenvalue weighted by Crippen LogP contribution is 2.16. The lowest BCUT2D eigenvalue weighted by Gasteiger charge is -2.07. The van der Waals surface area contributed by atoms with Crippen LogP contribution in [0.3, 0.4) is 0 Å². The fourth-order valence-electron chi connectivity index (χ4n) is 1.49. The quantitative estimate of drug-likeness (QED) is 0.808. The minimum atomic E-state index is 0. The van der Waals surface area contributed by atoms with E-state index in [4.69, 9.17) is 0 Å². The maximum atomic E-state index is 11.1. The third-order valence-electron chi connectivity index (χ3n) is 2.54. The number of nitrogens with one attached hydrogen (secondary N) is 1. The summed E-state index contributed by atoms with van der Waals surface area (Å²) in [7, 11) is 1.67. The van der Waals surface area contributed by atoms with Crippen molar-refractivity contribution in [3.8, 4) is 0 Å². The molecule has 0 aliphatic carbocycles. The van der Waals surface area contributed by atoms with Gasteiger partial charge in [-0.15, -0.1) is 0 Å². The van der Waals surface area contributed by atoms with Crippen LogP contribution < -0.4 is 5.32 Å². The Balaban J connectivity index is 0.00000225. The van der Waals surface area contributed by atoms with Crippen LogP contribution >= 0.6 is 0 Å². The summed E-state index contributed by atoms with van der Waals surface area (Å²) in [4.78, 5) is 11.1. The van der Waals surface area contributed by atoms with Crippen LogP contribution in [0.15, 0.2) is 24.3 Å². The van der Waals surface area contributed by atoms with Crippen LogP contribution in [-0.4, -0.2) is 13.0 Å². The Kier molecular flexibility index (Phi) is 4.35. The Labute approximate surface area is 93.2 Å². The van der Waals surface area contributed by atoms with Crippen molar-refractivity contribution in [2.45, 2.75) is 32.6 Å². The van der Waals surface area contributed by atoms with Gasteiger partial charge in [-0.3, -0.25) is 4.79 Å². The highest BCUT2D eigenvalue weighted by Gasteiger charge is 2.02. The first kappa shape index (κ1) is 11.8. The Morgan fingerprint density at radius 1 is 1.47 bits per heavy atom. The van der Waals surface area contributed by atoms with Crippen molar-refractivity contribution in [3.05, 3.63) is 35.4 Å². The van der Waals surface area contributed by atoms with Crippen molar-refractivity contribution < 1.29 is 6.22 Å². The maximum absolute atomic E-state index is 11.1. The zero-order valence-electron chi connectivity index (χ0n) is 9.71. The van der Waals surface area contributed by atoms with Crippen LogP contribution in [0.25, 0.3) is 0 Å². The summed E-state index contributed by atoms with van der Waals surface area (Å²) in [5, 5.41) is 2.63. The monoisotopic (exact) mass is 207 g/mol. The number of rotatable bonds is 4. The molecule has 1 N–H and O–H groups in total. The van der Waals surface area contributed by atoms with Gasteiger partial charge in [-0.2, -0.15) is 0 Å². The second-order valence-electron chi connectivity index (χ2n) is 4.07. The van der Waals surface area contributed by atoms with E-state index in [2.05, 4.69) is 43.4 Å². The first-order chi connectivity index (χ1) is 7.13. The van der Waals surface area contributed by atoms with E-state index in [1.54, 1.807) is 7.05 Å². The molecule has 0 aliphatic heterocycles. The molecule has 1 rings (SSSR count). The van der Waals surface area contributed by atoms with Gasteiger partial charge in [0.05, 0.1) is 0 Å². The molecule has 2 nitrogen and oxygen atoms in total. The minimum Gasteiger partial charge on any atom is -0.359 e. The van der Waals surface area contributed by atoms with Crippen LogP contribution in [0.2, 0.25) is 0 Å². The Hall–Kier alpha value is -1.31. The molecule has 1 aromatic rings. The van der Waals surface area contributed by atoms with E-state index in [-0.39, 0.29) is 7.33 Å². The molecule has 0 aromatic heterocycles. The van der Waals surface area contributed by atoms with Crippen LogP contribution in [0.5, 0.6) is 0 Å². The number of hydrogen-bond donors (Lipinski definition) is 1. The molecule has 2 heteroatoms. The number of amides is 1. The van der Waals surface area contributed by atoms with Gasteiger partial charge in [-0.05, 0) is 23.5 Å². The minimum absolute atomic E-state index is 0. The van der Waals surface area contributed by atoms with Crippen LogP contribution in [0.1, 0.15) is 38.7 Å². The molecular formula is C13H21NO. The van der Waals surface area contributed by atoms with Gasteiger partial charge in [0, 0.05) is 14.9 Å². The third-order valence-corrected chi connectivity index (χ3v) is 2.54. The number of carbonyl (C=O) groups excluding carboxylic acids is 1. The molecule has 0 bridgehead atoms. The highest BCUT2D eigenvalue weighted by molar-refractivity contribution is 5.75. The molecule has 0 aliphatic rings. The van der Waals surface area contributed by atoms with Gasteiger partial charge >= 0.3 is 0 Å². The summed E-state index contributed by atoms with van der Waals surface area (Å²) in [5.74, 6) is 0.648. The van der Waals surface area contributed by atoms with Gasteiger partial charge in [0.1, 0.15) is 0 Å². The molecule has 0 unspecified atom stereocenters. The van der Waals surface area contributed by atoms with Crippen LogP contribution in [0, 0.1) is 0 Å². The second kappa shape index (κ2) is 5.54. The topological polar surface area (TPSA) is 29.1 Å². The van der Waals surface area contributed by atoms with Crippen molar-refractivity contribution in [3.63, 3.8) is 0 Å². The Morgan fingerprint density at radius 3 is 2.80 bits per heavy atom. The maximum Gasteiger partial charge on any atom is 0.220 e. The first-order valence-electron chi connectivity index (χ1n) is 5.43. The molecule has 0 saturated heterocycles. The lowest BCUT2D eigenvalue weighted by Crippen LogP contribution is -2.17. The molecule has 84 valence electrons. The first-order valence-corrected chi connectivity index (χ1v) is 5.43. The fourth-order valence-corrected chi connectivity index (χ4v) is 1.49. The van der Waals surface area contributed by atoms with E-state index < -0.39 is 0 Å². The Morgan fingerprint density at radius 2 is 2.20 bits per heavy atom. The average Bonchev–Trinajstić information content (AvgIpc) is 2.26. The molecule has 0 atom stereocenters. The molecule has 15 heavy (non-hydrogen) atoms. The van der Waals surface area contributed by atoms with Crippen LogP contribution in [0.4, 0.5) is 0 Å². The van der Waals surface area contributed by atoms with E-state index in [9.17, 15) is 4.79 Å². The largest absolute Gasteiger partial charge is 0.359 e. The van der Waals surface area contributed by atoms with Gasteiger partial charge in [0.15, 0.2) is 0 Å². The summed E-state index contributed by atoms with van der Waals surface area (Å²) in [5.41, 5.74) is 2.58. The van der Waals surface area contributed by atoms with Crippen molar-refractivity contribution in [2.24, 2.45) is 0 Å². The van der Waals surface area contributed by atoms with Crippen LogP contribution in [-0.2, 0) is 11.2 Å². The van der Waals surface area contributed by atoms with E-state index in [1.807, 2.05) is 0 Å². The summed E-state index contributed by atoms with van der Waals surface area (Å²) >= 11 is 0. The number of carbonyl (C=O) groups is 1. The standard InChI is InChI=1S/C13H19NO.H2/c1-10(2)12-6-4-5-11(9-12)7-8-13(15)14-3;/h4-6,9-10H,7-8H2,1-3H3,(H,14,15);1H. The lowest BCUT2D eigenvalue weighted by atomic mass is 9.99. The van der Waals surface area contributed by atoms with Gasteiger partial charge in [0.2, 0.25) is 5.91 Å². The third kappa shape index (κ3) is 3.74. The normalized spacial score (nSPS) is 10.4. The smallest absolute Gasteiger partial charge is 0.220 e. The summed E-state index contributed by atoms with van der Waals surface area (Å²) in [6.07, 6.45) is 1.39. The number of hydrogen-bond acceptors (Lipinski definition) is 1. The average molecular weight is 207 g/mol. The van der Waals surface area contributed by atoms with E-state index in [0.717, 1.165) is 6.42 Å². The Bertz CT molecular complexity index is 336. The fraction of sp³-hybridized carbons (Fsp3) is 0.462. The molecule has 0 spiro atoms. The SMILES string of the molecule is CNC(=O)CCc1cccc(C(C)C)c1.[HH]. The number of aryl methyl sites for hydroxylation is 1. The predicted octanol–water partition coefficient (Wildman–Crippen LogP) is 2.73. The van der Waals surface area contributed by atoms with Crippen molar-refractivity contribution in [2.75, 3.05) is 7.05 Å². The molecule has 1 amide bonds. The van der Waals surface area contributed by atoms with E-state index in [1.165, 1.54) is 11.1 Å². The summed E-state index contributed by atoms with van der Waals surface area (Å²) < 4.78 is 0. The number of benzene rings is 1. The lowest BCUT2D eigenvalue weighted by molar-refractivity contribution is -0.120. The molecule has 0 radical (unpaired) electrons. The van der Waals surface area contributed by atoms with E-state index in [0.29, 0.717) is 12.3 Å². The van der Waals surface area contributed by atoms with Gasteiger partial charge in [0.25, 0.3) is 0 Å². The predicted molar refractivity (Wildman–Crippen MR) is 65.0 cm³/mol.